The molecule has 9 nitrogen and oxygen atoms in total. The number of hydrogen-bond donors (Lipinski definition) is 2. The highest BCUT2D eigenvalue weighted by molar-refractivity contribution is 6.30. The monoisotopic (exact) mass is 566 g/mol. The molecule has 0 aliphatic carbocycles. The maximum atomic E-state index is 13.1. The molecule has 0 saturated carbocycles. The Morgan fingerprint density at radius 3 is 1.95 bits per heavy atom. The lowest BCUT2D eigenvalue weighted by Gasteiger charge is -2.17. The highest BCUT2D eigenvalue weighted by Crippen LogP contribution is 2.25. The van der Waals surface area contributed by atoms with Crippen molar-refractivity contribution in [2.24, 2.45) is 0 Å². The molecule has 2 N–H and O–H groups in total. The Hall–Kier alpha value is -4.21. The second kappa shape index (κ2) is 12.6. The van der Waals surface area contributed by atoms with Gasteiger partial charge in [0, 0.05) is 15.4 Å². The molecule has 0 spiro atoms. The van der Waals surface area contributed by atoms with E-state index in [9.17, 15) is 19.2 Å². The minimum absolute atomic E-state index is 0.0209. The van der Waals surface area contributed by atoms with Crippen LogP contribution >= 0.6 is 23.2 Å². The van der Waals surface area contributed by atoms with Gasteiger partial charge in [0.05, 0.1) is 23.9 Å². The van der Waals surface area contributed by atoms with Crippen molar-refractivity contribution >= 4 is 51.8 Å². The molecular formula is C28H24Cl2N4O5. The van der Waals surface area contributed by atoms with Crippen molar-refractivity contribution in [3.8, 4) is 0 Å². The fourth-order valence-electron chi connectivity index (χ4n) is 3.97. The minimum atomic E-state index is -0.939. The van der Waals surface area contributed by atoms with Crippen LogP contribution in [0.15, 0.2) is 77.6 Å². The Morgan fingerprint density at radius 1 is 0.846 bits per heavy atom. The molecular weight excluding hydrogens is 543 g/mol. The lowest BCUT2D eigenvalue weighted by Crippen LogP contribution is -2.38. The summed E-state index contributed by atoms with van der Waals surface area (Å²) in [5.41, 5.74) is 5.71. The zero-order valence-corrected chi connectivity index (χ0v) is 22.3. The SMILES string of the molecule is CCC(C(=O)ONC(=O)Cc1ccc(Cl)cc1)c1nn(NC(=O)Cc2ccc(Cl)cc2)c(=O)c2ccccc12. The van der Waals surface area contributed by atoms with E-state index < -0.39 is 29.3 Å². The maximum absolute atomic E-state index is 13.1. The number of carbonyl (C=O) groups excluding carboxylic acids is 3. The van der Waals surface area contributed by atoms with E-state index in [0.29, 0.717) is 26.6 Å². The molecule has 1 aromatic heterocycles. The predicted octanol–water partition coefficient (Wildman–Crippen LogP) is 4.33. The van der Waals surface area contributed by atoms with Crippen LogP contribution in [0.4, 0.5) is 0 Å². The largest absolute Gasteiger partial charge is 0.341 e. The van der Waals surface area contributed by atoms with Crippen LogP contribution in [-0.2, 0) is 32.1 Å². The van der Waals surface area contributed by atoms with Crippen molar-refractivity contribution < 1.29 is 19.2 Å². The van der Waals surface area contributed by atoms with E-state index in [0.717, 1.165) is 4.79 Å². The van der Waals surface area contributed by atoms with E-state index in [-0.39, 0.29) is 30.3 Å². The van der Waals surface area contributed by atoms with Crippen LogP contribution in [0.3, 0.4) is 0 Å². The average molecular weight is 567 g/mol. The van der Waals surface area contributed by atoms with E-state index in [2.05, 4.69) is 16.0 Å². The zero-order chi connectivity index (χ0) is 27.9. The summed E-state index contributed by atoms with van der Waals surface area (Å²) in [7, 11) is 0. The normalized spacial score (nSPS) is 11.6. The molecule has 1 atom stereocenters. The van der Waals surface area contributed by atoms with Gasteiger partial charge in [0.1, 0.15) is 5.92 Å². The summed E-state index contributed by atoms with van der Waals surface area (Å²) in [6.45, 7) is 1.74. The summed E-state index contributed by atoms with van der Waals surface area (Å²) in [5.74, 6) is -2.72. The molecule has 4 rings (SSSR count). The third kappa shape index (κ3) is 7.01. The van der Waals surface area contributed by atoms with Gasteiger partial charge in [0.15, 0.2) is 0 Å². The van der Waals surface area contributed by atoms with Gasteiger partial charge in [-0.2, -0.15) is 10.6 Å². The van der Waals surface area contributed by atoms with Crippen molar-refractivity contribution in [2.75, 3.05) is 5.43 Å². The van der Waals surface area contributed by atoms with Gasteiger partial charge in [-0.05, 0) is 47.9 Å². The minimum Gasteiger partial charge on any atom is -0.340 e. The third-order valence-corrected chi connectivity index (χ3v) is 6.41. The number of amides is 2. The van der Waals surface area contributed by atoms with Crippen molar-refractivity contribution in [2.45, 2.75) is 32.1 Å². The van der Waals surface area contributed by atoms with E-state index >= 15 is 0 Å². The standard InChI is InChI=1S/C28H24Cl2N4O5/c1-2-21(28(38)39-33-25(36)16-18-9-13-20(30)14-10-18)26-22-5-3-4-6-23(22)27(37)34(32-26)31-24(35)15-17-7-11-19(29)12-8-17/h3-14,21H,2,15-16H2,1H3,(H,31,35)(H,33,36). The van der Waals surface area contributed by atoms with Crippen LogP contribution in [0.5, 0.6) is 0 Å². The first-order chi connectivity index (χ1) is 18.7. The Balaban J connectivity index is 1.54. The van der Waals surface area contributed by atoms with Crippen LogP contribution in [0.25, 0.3) is 10.8 Å². The second-order valence-corrected chi connectivity index (χ2v) is 9.57. The topological polar surface area (TPSA) is 119 Å². The van der Waals surface area contributed by atoms with Gasteiger partial charge in [-0.15, -0.1) is 4.79 Å². The number of carbonyl (C=O) groups is 3. The van der Waals surface area contributed by atoms with Crippen LogP contribution in [0.2, 0.25) is 10.0 Å². The Morgan fingerprint density at radius 2 is 1.38 bits per heavy atom. The highest BCUT2D eigenvalue weighted by atomic mass is 35.5. The number of halogens is 2. The van der Waals surface area contributed by atoms with Crippen LogP contribution in [-0.4, -0.2) is 27.7 Å². The third-order valence-electron chi connectivity index (χ3n) is 5.91. The number of nitrogens with zero attached hydrogens (tertiary/aromatic N) is 2. The molecule has 0 radical (unpaired) electrons. The average Bonchev–Trinajstić information content (AvgIpc) is 2.93. The molecule has 0 bridgehead atoms. The number of nitrogens with one attached hydrogen (secondary N) is 2. The molecule has 0 aliphatic rings. The summed E-state index contributed by atoms with van der Waals surface area (Å²) >= 11 is 11.8. The van der Waals surface area contributed by atoms with Gasteiger partial charge in [0.25, 0.3) is 11.5 Å². The number of hydrogen-bond acceptors (Lipinski definition) is 6. The number of aromatic nitrogens is 2. The van der Waals surface area contributed by atoms with Gasteiger partial charge < -0.3 is 4.84 Å². The van der Waals surface area contributed by atoms with Gasteiger partial charge in [-0.3, -0.25) is 14.4 Å². The summed E-state index contributed by atoms with van der Waals surface area (Å²) < 4.78 is 0. The van der Waals surface area contributed by atoms with Crippen molar-refractivity contribution in [3.05, 3.63) is 110 Å². The van der Waals surface area contributed by atoms with E-state index in [1.807, 2.05) is 0 Å². The molecule has 39 heavy (non-hydrogen) atoms. The van der Waals surface area contributed by atoms with Crippen molar-refractivity contribution in [1.82, 2.24) is 15.4 Å². The molecule has 2 amide bonds. The molecule has 3 aromatic carbocycles. The Bertz CT molecular complexity index is 1570. The quantitative estimate of drug-likeness (QED) is 0.306. The molecule has 4 aromatic rings. The van der Waals surface area contributed by atoms with Crippen LogP contribution in [0, 0.1) is 0 Å². The molecule has 0 fully saturated rings. The predicted molar refractivity (Wildman–Crippen MR) is 148 cm³/mol. The fourth-order valence-corrected chi connectivity index (χ4v) is 4.22. The summed E-state index contributed by atoms with van der Waals surface area (Å²) in [6.07, 6.45) is 0.207. The van der Waals surface area contributed by atoms with Crippen LogP contribution < -0.4 is 16.5 Å². The summed E-state index contributed by atoms with van der Waals surface area (Å²) in [4.78, 5) is 57.1. The Labute approximate surface area is 233 Å². The van der Waals surface area contributed by atoms with Gasteiger partial charge in [0.2, 0.25) is 5.91 Å². The fraction of sp³-hybridized carbons (Fsp3) is 0.179. The highest BCUT2D eigenvalue weighted by Gasteiger charge is 2.27. The van der Waals surface area contributed by atoms with Crippen molar-refractivity contribution in [3.63, 3.8) is 0 Å². The number of hydroxylamine groups is 1. The zero-order valence-electron chi connectivity index (χ0n) is 20.8. The number of rotatable bonds is 8. The van der Waals surface area contributed by atoms with E-state index in [1.54, 1.807) is 79.7 Å². The first-order valence-corrected chi connectivity index (χ1v) is 12.8. The first-order valence-electron chi connectivity index (χ1n) is 12.1. The summed E-state index contributed by atoms with van der Waals surface area (Å²) in [5, 5.41) is 6.08. The smallest absolute Gasteiger partial charge is 0.340 e. The van der Waals surface area contributed by atoms with Gasteiger partial charge in [-0.25, -0.2) is 10.2 Å². The van der Waals surface area contributed by atoms with Gasteiger partial charge in [-0.1, -0.05) is 72.6 Å². The lowest BCUT2D eigenvalue weighted by atomic mass is 9.97. The molecule has 0 aliphatic heterocycles. The van der Waals surface area contributed by atoms with E-state index in [4.69, 9.17) is 28.0 Å². The number of benzene rings is 3. The Kier molecular flexibility index (Phi) is 8.96. The molecule has 0 saturated heterocycles. The van der Waals surface area contributed by atoms with Gasteiger partial charge >= 0.3 is 5.97 Å². The second-order valence-electron chi connectivity index (χ2n) is 8.70. The van der Waals surface area contributed by atoms with Crippen LogP contribution in [0.1, 0.15) is 36.1 Å². The lowest BCUT2D eigenvalue weighted by molar-refractivity contribution is -0.159. The first kappa shape index (κ1) is 27.8. The summed E-state index contributed by atoms with van der Waals surface area (Å²) in [6, 6.07) is 20.0. The van der Waals surface area contributed by atoms with Crippen molar-refractivity contribution in [1.29, 1.82) is 0 Å². The molecule has 11 heteroatoms. The molecule has 1 heterocycles. The van der Waals surface area contributed by atoms with E-state index in [1.165, 1.54) is 0 Å². The molecule has 1 unspecified atom stereocenters. The molecule has 200 valence electrons. The maximum Gasteiger partial charge on any atom is 0.341 e. The number of fused-ring (bicyclic) bond motifs is 1.